The molecule has 2 aromatic carbocycles. The molecule has 5 heteroatoms. The molecule has 1 atom stereocenters. The highest BCUT2D eigenvalue weighted by atomic mass is 16.1. The molecule has 0 aliphatic heterocycles. The van der Waals surface area contributed by atoms with Crippen LogP contribution < -0.4 is 11.1 Å². The molecule has 1 aromatic heterocycles. The number of rotatable bonds is 6. The zero-order valence-electron chi connectivity index (χ0n) is 12.6. The summed E-state index contributed by atoms with van der Waals surface area (Å²) in [5.74, 6) is -0.396. The fourth-order valence-corrected chi connectivity index (χ4v) is 2.54. The fraction of sp³-hybridized carbons (Fsp3) is 0.111. The summed E-state index contributed by atoms with van der Waals surface area (Å²) in [5, 5.41) is 7.50. The molecule has 1 amide bonds. The number of benzene rings is 2. The molecule has 0 fully saturated rings. The van der Waals surface area contributed by atoms with E-state index in [1.807, 2.05) is 66.9 Å². The van der Waals surface area contributed by atoms with E-state index in [1.165, 1.54) is 0 Å². The highest BCUT2D eigenvalue weighted by Gasteiger charge is 2.17. The number of hydrogen-bond donors (Lipinski definition) is 2. The molecule has 3 N–H and O–H groups in total. The van der Waals surface area contributed by atoms with Crippen LogP contribution in [0.3, 0.4) is 0 Å². The summed E-state index contributed by atoms with van der Waals surface area (Å²) < 4.78 is 1.80. The number of nitrogens with two attached hydrogens (primary N) is 1. The summed E-state index contributed by atoms with van der Waals surface area (Å²) in [5.41, 5.74) is 8.42. The quantitative estimate of drug-likeness (QED) is 0.733. The summed E-state index contributed by atoms with van der Waals surface area (Å²) in [6.45, 7) is 0.512. The predicted octanol–water partition coefficient (Wildman–Crippen LogP) is 2.19. The number of amides is 1. The van der Waals surface area contributed by atoms with Crippen LogP contribution in [0.1, 0.15) is 17.2 Å². The van der Waals surface area contributed by atoms with Gasteiger partial charge in [0.1, 0.15) is 6.04 Å². The van der Waals surface area contributed by atoms with Gasteiger partial charge in [-0.05, 0) is 23.3 Å². The first-order chi connectivity index (χ1) is 11.3. The molecule has 0 saturated heterocycles. The lowest BCUT2D eigenvalue weighted by atomic mass is 10.1. The van der Waals surface area contributed by atoms with Crippen LogP contribution in [0.2, 0.25) is 0 Å². The van der Waals surface area contributed by atoms with Crippen molar-refractivity contribution in [2.24, 2.45) is 5.73 Å². The Hall–Kier alpha value is -2.92. The van der Waals surface area contributed by atoms with Gasteiger partial charge >= 0.3 is 0 Å². The van der Waals surface area contributed by atoms with Crippen molar-refractivity contribution in [2.75, 3.05) is 0 Å². The third-order valence-corrected chi connectivity index (χ3v) is 3.66. The molecule has 0 aliphatic carbocycles. The van der Waals surface area contributed by atoms with Crippen LogP contribution in [-0.2, 0) is 11.3 Å². The van der Waals surface area contributed by atoms with E-state index in [0.717, 1.165) is 16.8 Å². The zero-order valence-corrected chi connectivity index (χ0v) is 12.6. The van der Waals surface area contributed by atoms with Gasteiger partial charge in [0.15, 0.2) is 0 Å². The Balaban J connectivity index is 1.81. The smallest absolute Gasteiger partial charge is 0.239 e. The SMILES string of the molecule is NC(=O)[C@H](NCc1ccccc1-n1cccn1)c1ccccc1. The van der Waals surface area contributed by atoms with Gasteiger partial charge in [-0.25, -0.2) is 4.68 Å². The predicted molar refractivity (Wildman–Crippen MR) is 88.8 cm³/mol. The van der Waals surface area contributed by atoms with Gasteiger partial charge in [0.25, 0.3) is 0 Å². The van der Waals surface area contributed by atoms with Crippen LogP contribution in [0.25, 0.3) is 5.69 Å². The maximum absolute atomic E-state index is 11.8. The van der Waals surface area contributed by atoms with E-state index in [4.69, 9.17) is 5.73 Å². The third-order valence-electron chi connectivity index (χ3n) is 3.66. The summed E-state index contributed by atoms with van der Waals surface area (Å²) in [4.78, 5) is 11.8. The zero-order chi connectivity index (χ0) is 16.1. The van der Waals surface area contributed by atoms with Crippen LogP contribution in [-0.4, -0.2) is 15.7 Å². The second-order valence-electron chi connectivity index (χ2n) is 5.21. The number of carbonyl (C=O) groups excluding carboxylic acids is 1. The number of nitrogens with zero attached hydrogens (tertiary/aromatic N) is 2. The highest BCUT2D eigenvalue weighted by Crippen LogP contribution is 2.17. The van der Waals surface area contributed by atoms with Crippen molar-refractivity contribution < 1.29 is 4.79 Å². The number of primary amides is 1. The Kier molecular flexibility index (Phi) is 4.49. The van der Waals surface area contributed by atoms with Crippen LogP contribution in [0, 0.1) is 0 Å². The highest BCUT2D eigenvalue weighted by molar-refractivity contribution is 5.81. The normalized spacial score (nSPS) is 12.0. The molecule has 23 heavy (non-hydrogen) atoms. The topological polar surface area (TPSA) is 72.9 Å². The summed E-state index contributed by atoms with van der Waals surface area (Å²) in [7, 11) is 0. The van der Waals surface area contributed by atoms with E-state index in [0.29, 0.717) is 6.54 Å². The first-order valence-corrected chi connectivity index (χ1v) is 7.41. The summed E-state index contributed by atoms with van der Waals surface area (Å²) >= 11 is 0. The van der Waals surface area contributed by atoms with Gasteiger partial charge in [0.2, 0.25) is 5.91 Å². The van der Waals surface area contributed by atoms with E-state index < -0.39 is 11.9 Å². The lowest BCUT2D eigenvalue weighted by Crippen LogP contribution is -2.33. The monoisotopic (exact) mass is 306 g/mol. The van der Waals surface area contributed by atoms with Gasteiger partial charge in [-0.15, -0.1) is 0 Å². The van der Waals surface area contributed by atoms with Gasteiger partial charge in [-0.1, -0.05) is 48.5 Å². The summed E-state index contributed by atoms with van der Waals surface area (Å²) in [6, 6.07) is 18.8. The second-order valence-corrected chi connectivity index (χ2v) is 5.21. The lowest BCUT2D eigenvalue weighted by molar-refractivity contribution is -0.120. The Labute approximate surface area is 134 Å². The minimum atomic E-state index is -0.526. The summed E-state index contributed by atoms with van der Waals surface area (Å²) in [6.07, 6.45) is 3.63. The molecule has 0 bridgehead atoms. The molecule has 1 heterocycles. The standard InChI is InChI=1S/C18H18N4O/c19-18(23)17(14-7-2-1-3-8-14)20-13-15-9-4-5-10-16(15)22-12-6-11-21-22/h1-12,17,20H,13H2,(H2,19,23)/t17-/m1/s1. The minimum absolute atomic E-state index is 0.396. The first kappa shape index (κ1) is 15.0. The first-order valence-electron chi connectivity index (χ1n) is 7.41. The van der Waals surface area contributed by atoms with Crippen molar-refractivity contribution in [3.63, 3.8) is 0 Å². The molecule has 5 nitrogen and oxygen atoms in total. The number of carbonyl (C=O) groups is 1. The molecule has 0 radical (unpaired) electrons. The van der Waals surface area contributed by atoms with E-state index >= 15 is 0 Å². The maximum Gasteiger partial charge on any atom is 0.239 e. The number of aromatic nitrogens is 2. The Morgan fingerprint density at radius 2 is 1.83 bits per heavy atom. The van der Waals surface area contributed by atoms with Crippen molar-refractivity contribution in [1.29, 1.82) is 0 Å². The van der Waals surface area contributed by atoms with E-state index in [9.17, 15) is 4.79 Å². The van der Waals surface area contributed by atoms with Gasteiger partial charge < -0.3 is 5.73 Å². The van der Waals surface area contributed by atoms with Crippen molar-refractivity contribution in [3.05, 3.63) is 84.2 Å². The minimum Gasteiger partial charge on any atom is -0.368 e. The largest absolute Gasteiger partial charge is 0.368 e. The molecule has 3 rings (SSSR count). The number of para-hydroxylation sites is 1. The van der Waals surface area contributed by atoms with E-state index in [1.54, 1.807) is 10.9 Å². The van der Waals surface area contributed by atoms with Crippen LogP contribution in [0.5, 0.6) is 0 Å². The van der Waals surface area contributed by atoms with Gasteiger partial charge in [0, 0.05) is 18.9 Å². The van der Waals surface area contributed by atoms with Crippen molar-refractivity contribution >= 4 is 5.91 Å². The fourth-order valence-electron chi connectivity index (χ4n) is 2.54. The average molecular weight is 306 g/mol. The van der Waals surface area contributed by atoms with Crippen molar-refractivity contribution in [1.82, 2.24) is 15.1 Å². The van der Waals surface area contributed by atoms with Crippen LogP contribution >= 0.6 is 0 Å². The number of hydrogen-bond acceptors (Lipinski definition) is 3. The van der Waals surface area contributed by atoms with Gasteiger partial charge in [0.05, 0.1) is 5.69 Å². The lowest BCUT2D eigenvalue weighted by Gasteiger charge is -2.17. The van der Waals surface area contributed by atoms with Crippen molar-refractivity contribution in [2.45, 2.75) is 12.6 Å². The van der Waals surface area contributed by atoms with Crippen molar-refractivity contribution in [3.8, 4) is 5.69 Å². The molecule has 3 aromatic rings. The van der Waals surface area contributed by atoms with E-state index in [-0.39, 0.29) is 0 Å². The van der Waals surface area contributed by atoms with Crippen LogP contribution in [0.15, 0.2) is 73.1 Å². The molecule has 0 unspecified atom stereocenters. The van der Waals surface area contributed by atoms with Gasteiger partial charge in [-0.2, -0.15) is 5.10 Å². The molecule has 0 spiro atoms. The molecule has 116 valence electrons. The molecule has 0 saturated carbocycles. The van der Waals surface area contributed by atoms with Crippen LogP contribution in [0.4, 0.5) is 0 Å². The number of nitrogens with one attached hydrogen (secondary N) is 1. The third kappa shape index (κ3) is 3.46. The average Bonchev–Trinajstić information content (AvgIpc) is 3.10. The molecular formula is C18H18N4O. The maximum atomic E-state index is 11.8. The Morgan fingerprint density at radius 3 is 2.52 bits per heavy atom. The molecule has 0 aliphatic rings. The second kappa shape index (κ2) is 6.89. The Bertz CT molecular complexity index is 769. The molecular weight excluding hydrogens is 288 g/mol. The van der Waals surface area contributed by atoms with E-state index in [2.05, 4.69) is 10.4 Å². The Morgan fingerprint density at radius 1 is 1.09 bits per heavy atom. The van der Waals surface area contributed by atoms with Gasteiger partial charge in [-0.3, -0.25) is 10.1 Å².